The fourth-order valence-corrected chi connectivity index (χ4v) is 4.09. The van der Waals surface area contributed by atoms with Crippen LogP contribution in [0.5, 0.6) is 0 Å². The molecule has 0 saturated carbocycles. The maximum atomic E-state index is 12.2. The van der Waals surface area contributed by atoms with Crippen LogP contribution in [0.1, 0.15) is 43.3 Å². The smallest absolute Gasteiger partial charge is 0.348 e. The predicted molar refractivity (Wildman–Crippen MR) is 104 cm³/mol. The molecule has 6 nitrogen and oxygen atoms in total. The molecule has 3 rings (SSSR count). The van der Waals surface area contributed by atoms with Crippen LogP contribution in [0.25, 0.3) is 0 Å². The Balaban J connectivity index is 1.51. The molecular weight excluding hydrogens is 364 g/mol. The third kappa shape index (κ3) is 4.74. The summed E-state index contributed by atoms with van der Waals surface area (Å²) in [4.78, 5) is 39.3. The van der Waals surface area contributed by atoms with E-state index in [4.69, 9.17) is 4.74 Å². The largest absolute Gasteiger partial charge is 0.451 e. The van der Waals surface area contributed by atoms with Gasteiger partial charge in [0.05, 0.1) is 0 Å². The van der Waals surface area contributed by atoms with Crippen molar-refractivity contribution in [1.82, 2.24) is 4.90 Å². The maximum absolute atomic E-state index is 12.2. The lowest BCUT2D eigenvalue weighted by Gasteiger charge is -2.11. The van der Waals surface area contributed by atoms with Crippen molar-refractivity contribution in [2.75, 3.05) is 26.0 Å². The van der Waals surface area contributed by atoms with Gasteiger partial charge in [0.1, 0.15) is 4.88 Å². The Morgan fingerprint density at radius 2 is 1.81 bits per heavy atom. The molecule has 0 bridgehead atoms. The van der Waals surface area contributed by atoms with Gasteiger partial charge in [-0.3, -0.25) is 9.59 Å². The van der Waals surface area contributed by atoms with E-state index in [1.807, 2.05) is 6.07 Å². The number of nitrogens with zero attached hydrogens (tertiary/aromatic N) is 1. The second-order valence-corrected chi connectivity index (χ2v) is 7.80. The van der Waals surface area contributed by atoms with Gasteiger partial charge in [-0.25, -0.2) is 4.79 Å². The molecule has 1 aliphatic carbocycles. The summed E-state index contributed by atoms with van der Waals surface area (Å²) in [5.74, 6) is -0.992. The number of carbonyl (C=O) groups is 3. The molecule has 0 radical (unpaired) electrons. The van der Waals surface area contributed by atoms with Gasteiger partial charge in [-0.15, -0.1) is 11.3 Å². The topological polar surface area (TPSA) is 75.7 Å². The predicted octanol–water partition coefficient (Wildman–Crippen LogP) is 3.12. The molecule has 1 aliphatic rings. The molecule has 1 heterocycles. The fourth-order valence-electron chi connectivity index (χ4n) is 2.94. The number of hydrogen-bond donors (Lipinski definition) is 1. The van der Waals surface area contributed by atoms with Crippen LogP contribution in [0.15, 0.2) is 30.3 Å². The Kier molecular flexibility index (Phi) is 5.91. The first kappa shape index (κ1) is 19.1. The highest BCUT2D eigenvalue weighted by Crippen LogP contribution is 2.30. The van der Waals surface area contributed by atoms with Crippen molar-refractivity contribution in [3.63, 3.8) is 0 Å². The van der Waals surface area contributed by atoms with E-state index in [1.54, 1.807) is 38.4 Å². The minimum Gasteiger partial charge on any atom is -0.451 e. The number of hydrogen-bond acceptors (Lipinski definition) is 5. The molecule has 1 aromatic carbocycles. The van der Waals surface area contributed by atoms with Crippen LogP contribution in [0.4, 0.5) is 5.69 Å². The van der Waals surface area contributed by atoms with Crippen LogP contribution in [0, 0.1) is 0 Å². The van der Waals surface area contributed by atoms with Crippen molar-refractivity contribution < 1.29 is 19.1 Å². The van der Waals surface area contributed by atoms with Crippen LogP contribution < -0.4 is 5.32 Å². The summed E-state index contributed by atoms with van der Waals surface area (Å²) in [6, 6.07) is 8.45. The number of carbonyl (C=O) groups excluding carboxylic acids is 3. The third-order valence-corrected chi connectivity index (χ3v) is 5.57. The lowest BCUT2D eigenvalue weighted by atomic mass is 9.99. The van der Waals surface area contributed by atoms with E-state index in [9.17, 15) is 14.4 Å². The Hall–Kier alpha value is -2.67. The molecule has 7 heteroatoms. The normalized spacial score (nSPS) is 12.8. The number of esters is 1. The molecule has 142 valence electrons. The molecule has 0 spiro atoms. The summed E-state index contributed by atoms with van der Waals surface area (Å²) in [7, 11) is 3.35. The molecule has 2 aromatic rings. The van der Waals surface area contributed by atoms with Crippen LogP contribution >= 0.6 is 11.3 Å². The molecule has 0 fully saturated rings. The zero-order valence-electron chi connectivity index (χ0n) is 15.4. The first-order valence-electron chi connectivity index (χ1n) is 8.84. The molecule has 0 unspecified atom stereocenters. The van der Waals surface area contributed by atoms with Crippen LogP contribution in [0.3, 0.4) is 0 Å². The molecular formula is C20H22N2O4S. The third-order valence-electron chi connectivity index (χ3n) is 4.35. The summed E-state index contributed by atoms with van der Waals surface area (Å²) in [5, 5.41) is 2.66. The number of aryl methyl sites for hydroxylation is 2. The minimum atomic E-state index is -0.462. The quantitative estimate of drug-likeness (QED) is 0.801. The second-order valence-electron chi connectivity index (χ2n) is 6.67. The molecule has 27 heavy (non-hydrogen) atoms. The van der Waals surface area contributed by atoms with Gasteiger partial charge in [0.25, 0.3) is 11.8 Å². The summed E-state index contributed by atoms with van der Waals surface area (Å²) in [5.41, 5.74) is 2.30. The van der Waals surface area contributed by atoms with E-state index >= 15 is 0 Å². The molecule has 1 N–H and O–H groups in total. The minimum absolute atomic E-state index is 0.111. The van der Waals surface area contributed by atoms with Gasteiger partial charge in [-0.05, 0) is 61.6 Å². The molecule has 0 atom stereocenters. The average molecular weight is 386 g/mol. The fraction of sp³-hybridized carbons (Fsp3) is 0.350. The van der Waals surface area contributed by atoms with Gasteiger partial charge in [-0.2, -0.15) is 0 Å². The van der Waals surface area contributed by atoms with Crippen molar-refractivity contribution in [1.29, 1.82) is 0 Å². The van der Waals surface area contributed by atoms with Gasteiger partial charge >= 0.3 is 5.97 Å². The number of rotatable bonds is 5. The Morgan fingerprint density at radius 1 is 1.11 bits per heavy atom. The van der Waals surface area contributed by atoms with Crippen molar-refractivity contribution in [2.45, 2.75) is 25.7 Å². The zero-order chi connectivity index (χ0) is 19.4. The average Bonchev–Trinajstić information content (AvgIpc) is 3.10. The van der Waals surface area contributed by atoms with Crippen molar-refractivity contribution in [2.24, 2.45) is 0 Å². The van der Waals surface area contributed by atoms with Crippen molar-refractivity contribution >= 4 is 34.8 Å². The monoisotopic (exact) mass is 386 g/mol. The van der Waals surface area contributed by atoms with Gasteiger partial charge < -0.3 is 15.0 Å². The number of amides is 2. The van der Waals surface area contributed by atoms with Gasteiger partial charge in [-0.1, -0.05) is 0 Å². The standard InChI is InChI=1S/C20H22N2O4S/c1-22(2)19(24)13-7-9-15(10-8-13)21-18(23)12-26-20(25)17-11-14-5-3-4-6-16(14)27-17/h7-11H,3-6,12H2,1-2H3,(H,21,23). The number of nitrogens with one attached hydrogen (secondary N) is 1. The van der Waals surface area contributed by atoms with E-state index in [-0.39, 0.29) is 12.5 Å². The highest BCUT2D eigenvalue weighted by molar-refractivity contribution is 7.14. The molecule has 1 aromatic heterocycles. The molecule has 2 amide bonds. The van der Waals surface area contributed by atoms with Gasteiger partial charge in [0.15, 0.2) is 6.61 Å². The van der Waals surface area contributed by atoms with Gasteiger partial charge in [0, 0.05) is 30.2 Å². The van der Waals surface area contributed by atoms with E-state index in [0.29, 0.717) is 16.1 Å². The number of anilines is 1. The van der Waals surface area contributed by atoms with E-state index < -0.39 is 11.9 Å². The van der Waals surface area contributed by atoms with Crippen molar-refractivity contribution in [3.05, 3.63) is 51.2 Å². The van der Waals surface area contributed by atoms with E-state index in [1.165, 1.54) is 26.7 Å². The Morgan fingerprint density at radius 3 is 2.48 bits per heavy atom. The van der Waals surface area contributed by atoms with Crippen LogP contribution in [-0.4, -0.2) is 43.4 Å². The zero-order valence-corrected chi connectivity index (χ0v) is 16.2. The molecule has 0 saturated heterocycles. The van der Waals surface area contributed by atoms with E-state index in [2.05, 4.69) is 5.32 Å². The van der Waals surface area contributed by atoms with Gasteiger partial charge in [0.2, 0.25) is 0 Å². The Labute approximate surface area is 162 Å². The van der Waals surface area contributed by atoms with Crippen LogP contribution in [-0.2, 0) is 22.4 Å². The summed E-state index contributed by atoms with van der Waals surface area (Å²) >= 11 is 1.46. The highest BCUT2D eigenvalue weighted by Gasteiger charge is 2.19. The molecule has 0 aliphatic heterocycles. The number of benzene rings is 1. The summed E-state index contributed by atoms with van der Waals surface area (Å²) in [6.45, 7) is -0.347. The Bertz CT molecular complexity index is 832. The highest BCUT2D eigenvalue weighted by atomic mass is 32.1. The number of thiophene rings is 1. The lowest BCUT2D eigenvalue weighted by molar-refractivity contribution is -0.119. The lowest BCUT2D eigenvalue weighted by Crippen LogP contribution is -2.22. The first-order valence-corrected chi connectivity index (χ1v) is 9.66. The van der Waals surface area contributed by atoms with Crippen molar-refractivity contribution in [3.8, 4) is 0 Å². The first-order chi connectivity index (χ1) is 12.9. The van der Waals surface area contributed by atoms with E-state index in [0.717, 1.165) is 25.7 Å². The number of fused-ring (bicyclic) bond motifs is 1. The second kappa shape index (κ2) is 8.35. The van der Waals surface area contributed by atoms with Crippen LogP contribution in [0.2, 0.25) is 0 Å². The number of ether oxygens (including phenoxy) is 1. The summed E-state index contributed by atoms with van der Waals surface area (Å²) in [6.07, 6.45) is 4.33. The summed E-state index contributed by atoms with van der Waals surface area (Å²) < 4.78 is 5.13. The SMILES string of the molecule is CN(C)C(=O)c1ccc(NC(=O)COC(=O)c2cc3c(s2)CCCC3)cc1. The maximum Gasteiger partial charge on any atom is 0.348 e.